The normalized spacial score (nSPS) is 12.7. The number of rotatable bonds is 4. The van der Waals surface area contributed by atoms with Crippen molar-refractivity contribution in [1.29, 1.82) is 0 Å². The molecule has 1 atom stereocenters. The van der Waals surface area contributed by atoms with Gasteiger partial charge in [0.05, 0.1) is 16.8 Å². The minimum absolute atomic E-state index is 0.0109. The second kappa shape index (κ2) is 5.91. The quantitative estimate of drug-likeness (QED) is 0.880. The van der Waals surface area contributed by atoms with Crippen molar-refractivity contribution in [2.24, 2.45) is 0 Å². The van der Waals surface area contributed by atoms with Crippen molar-refractivity contribution in [1.82, 2.24) is 5.32 Å². The van der Waals surface area contributed by atoms with E-state index in [0.29, 0.717) is 0 Å². The van der Waals surface area contributed by atoms with Crippen molar-refractivity contribution in [2.75, 3.05) is 6.54 Å². The van der Waals surface area contributed by atoms with Gasteiger partial charge in [0.2, 0.25) is 0 Å². The maximum absolute atomic E-state index is 6.13. The van der Waals surface area contributed by atoms with Gasteiger partial charge in [-0.3, -0.25) is 0 Å². The summed E-state index contributed by atoms with van der Waals surface area (Å²) in [5, 5.41) is 4.16. The van der Waals surface area contributed by atoms with E-state index >= 15 is 0 Å². The van der Waals surface area contributed by atoms with Crippen molar-refractivity contribution in [3.05, 3.63) is 56.9 Å². The number of hydrogen-bond donors (Lipinski definition) is 1. The van der Waals surface area contributed by atoms with Gasteiger partial charge < -0.3 is 9.73 Å². The largest absolute Gasteiger partial charge is 0.466 e. The van der Waals surface area contributed by atoms with Crippen LogP contribution in [0.25, 0.3) is 0 Å². The van der Waals surface area contributed by atoms with Gasteiger partial charge in [-0.2, -0.15) is 0 Å². The van der Waals surface area contributed by atoms with Crippen molar-refractivity contribution in [3.8, 4) is 0 Å². The Bertz CT molecular complexity index is 518. The summed E-state index contributed by atoms with van der Waals surface area (Å²) in [6.45, 7) is 4.96. The molecular weight excluding hydrogens is 314 g/mol. The number of furan rings is 1. The zero-order valence-corrected chi connectivity index (χ0v) is 12.7. The lowest BCUT2D eigenvalue weighted by atomic mass is 10.0. The fourth-order valence-electron chi connectivity index (χ4n) is 2.01. The third-order valence-corrected chi connectivity index (χ3v) is 3.59. The van der Waals surface area contributed by atoms with Crippen LogP contribution in [0.3, 0.4) is 0 Å². The molecule has 96 valence electrons. The van der Waals surface area contributed by atoms with Gasteiger partial charge in [0.25, 0.3) is 0 Å². The molecule has 0 radical (unpaired) electrons. The number of benzene rings is 1. The molecule has 1 aromatic carbocycles. The third kappa shape index (κ3) is 2.97. The third-order valence-electron chi connectivity index (χ3n) is 2.71. The average Bonchev–Trinajstić information content (AvgIpc) is 2.71. The molecule has 18 heavy (non-hydrogen) atoms. The SMILES string of the molecule is CCNC(c1cc(C)cc(Cl)c1)c1occc1Br. The van der Waals surface area contributed by atoms with Gasteiger partial charge in [0, 0.05) is 5.02 Å². The van der Waals surface area contributed by atoms with E-state index < -0.39 is 0 Å². The highest BCUT2D eigenvalue weighted by molar-refractivity contribution is 9.10. The predicted octanol–water partition coefficient (Wildman–Crippen LogP) is 4.70. The molecule has 0 aliphatic carbocycles. The highest BCUT2D eigenvalue weighted by Gasteiger charge is 2.19. The summed E-state index contributed by atoms with van der Waals surface area (Å²) < 4.78 is 6.52. The van der Waals surface area contributed by atoms with Gasteiger partial charge in [0.15, 0.2) is 0 Å². The minimum atomic E-state index is 0.0109. The summed E-state index contributed by atoms with van der Waals surface area (Å²) in [5.74, 6) is 0.874. The maximum Gasteiger partial charge on any atom is 0.139 e. The molecule has 1 N–H and O–H groups in total. The first-order chi connectivity index (χ1) is 8.61. The Morgan fingerprint density at radius 3 is 2.72 bits per heavy atom. The van der Waals surface area contributed by atoms with Crippen molar-refractivity contribution < 1.29 is 4.42 Å². The summed E-state index contributed by atoms with van der Waals surface area (Å²) in [7, 11) is 0. The number of halogens is 2. The Labute approximate surface area is 120 Å². The standard InChI is InChI=1S/C14H15BrClNO/c1-3-17-13(14-12(15)4-5-18-14)10-6-9(2)7-11(16)8-10/h4-8,13,17H,3H2,1-2H3. The van der Waals surface area contributed by atoms with E-state index in [1.54, 1.807) is 6.26 Å². The zero-order valence-electron chi connectivity index (χ0n) is 10.3. The van der Waals surface area contributed by atoms with Crippen LogP contribution in [-0.4, -0.2) is 6.54 Å². The lowest BCUT2D eigenvalue weighted by Crippen LogP contribution is -2.22. The number of hydrogen-bond acceptors (Lipinski definition) is 2. The highest BCUT2D eigenvalue weighted by atomic mass is 79.9. The molecule has 1 heterocycles. The Kier molecular flexibility index (Phi) is 4.49. The summed E-state index contributed by atoms with van der Waals surface area (Å²) >= 11 is 9.63. The Morgan fingerprint density at radius 1 is 1.39 bits per heavy atom. The van der Waals surface area contributed by atoms with Crippen LogP contribution < -0.4 is 5.32 Å². The molecule has 1 unspecified atom stereocenters. The fourth-order valence-corrected chi connectivity index (χ4v) is 2.74. The van der Waals surface area contributed by atoms with Gasteiger partial charge in [0.1, 0.15) is 5.76 Å². The topological polar surface area (TPSA) is 25.2 Å². The Morgan fingerprint density at radius 2 is 2.17 bits per heavy atom. The van der Waals surface area contributed by atoms with E-state index in [4.69, 9.17) is 16.0 Å². The van der Waals surface area contributed by atoms with Crippen molar-refractivity contribution >= 4 is 27.5 Å². The summed E-state index contributed by atoms with van der Waals surface area (Å²) in [6.07, 6.45) is 1.68. The van der Waals surface area contributed by atoms with Crippen LogP contribution in [0.2, 0.25) is 5.02 Å². The molecule has 1 aromatic heterocycles. The molecular formula is C14H15BrClNO. The van der Waals surface area contributed by atoms with Gasteiger partial charge in [-0.25, -0.2) is 0 Å². The summed E-state index contributed by atoms with van der Waals surface area (Å²) in [5.41, 5.74) is 2.25. The van der Waals surface area contributed by atoms with Gasteiger partial charge in [-0.05, 0) is 58.7 Å². The first-order valence-corrected chi connectivity index (χ1v) is 7.02. The second-order valence-electron chi connectivity index (χ2n) is 4.19. The molecule has 0 saturated carbocycles. The van der Waals surface area contributed by atoms with Gasteiger partial charge >= 0.3 is 0 Å². The molecule has 0 amide bonds. The van der Waals surface area contributed by atoms with Gasteiger partial charge in [-0.15, -0.1) is 0 Å². The molecule has 0 saturated heterocycles. The second-order valence-corrected chi connectivity index (χ2v) is 5.48. The lowest BCUT2D eigenvalue weighted by molar-refractivity contribution is 0.450. The van der Waals surface area contributed by atoms with Crippen LogP contribution in [-0.2, 0) is 0 Å². The monoisotopic (exact) mass is 327 g/mol. The van der Waals surface area contributed by atoms with Crippen LogP contribution in [0, 0.1) is 6.92 Å². The van der Waals surface area contributed by atoms with E-state index in [0.717, 1.165) is 32.9 Å². The molecule has 2 rings (SSSR count). The van der Waals surface area contributed by atoms with E-state index in [2.05, 4.69) is 34.2 Å². The average molecular weight is 329 g/mol. The van der Waals surface area contributed by atoms with Crippen molar-refractivity contribution in [3.63, 3.8) is 0 Å². The van der Waals surface area contributed by atoms with Crippen LogP contribution in [0.5, 0.6) is 0 Å². The lowest BCUT2D eigenvalue weighted by Gasteiger charge is -2.17. The molecule has 0 spiro atoms. The molecule has 2 nitrogen and oxygen atoms in total. The smallest absolute Gasteiger partial charge is 0.139 e. The van der Waals surface area contributed by atoms with Crippen molar-refractivity contribution in [2.45, 2.75) is 19.9 Å². The van der Waals surface area contributed by atoms with E-state index in [-0.39, 0.29) is 6.04 Å². The Hall–Kier alpha value is -0.770. The molecule has 0 aliphatic heterocycles. The molecule has 2 aromatic rings. The fraction of sp³-hybridized carbons (Fsp3) is 0.286. The predicted molar refractivity (Wildman–Crippen MR) is 78.1 cm³/mol. The molecule has 0 fully saturated rings. The molecule has 0 aliphatic rings. The van der Waals surface area contributed by atoms with Gasteiger partial charge in [-0.1, -0.05) is 24.6 Å². The van der Waals surface area contributed by atoms with Crippen LogP contribution in [0.1, 0.15) is 29.9 Å². The van der Waals surface area contributed by atoms with Crippen LogP contribution in [0.15, 0.2) is 39.4 Å². The minimum Gasteiger partial charge on any atom is -0.466 e. The number of aryl methyl sites for hydroxylation is 1. The molecule has 4 heteroatoms. The van der Waals surface area contributed by atoms with E-state index in [1.807, 2.05) is 25.1 Å². The van der Waals surface area contributed by atoms with E-state index in [9.17, 15) is 0 Å². The highest BCUT2D eigenvalue weighted by Crippen LogP contribution is 2.31. The van der Waals surface area contributed by atoms with Crippen LogP contribution in [0.4, 0.5) is 0 Å². The summed E-state index contributed by atoms with van der Waals surface area (Å²) in [6, 6.07) is 7.95. The first kappa shape index (κ1) is 13.7. The first-order valence-electron chi connectivity index (χ1n) is 5.85. The number of nitrogens with one attached hydrogen (secondary N) is 1. The zero-order chi connectivity index (χ0) is 13.1. The molecule has 0 bridgehead atoms. The van der Waals surface area contributed by atoms with Crippen LogP contribution >= 0.6 is 27.5 Å². The maximum atomic E-state index is 6.13. The Balaban J connectivity index is 2.44. The summed E-state index contributed by atoms with van der Waals surface area (Å²) in [4.78, 5) is 0. The van der Waals surface area contributed by atoms with E-state index in [1.165, 1.54) is 0 Å².